The van der Waals surface area contributed by atoms with Crippen LogP contribution in [0.25, 0.3) is 0 Å². The Balaban J connectivity index is 2.27. The first-order valence-electron chi connectivity index (χ1n) is 6.47. The van der Waals surface area contributed by atoms with E-state index in [1.807, 2.05) is 24.4 Å². The summed E-state index contributed by atoms with van der Waals surface area (Å²) < 4.78 is 0. The Morgan fingerprint density at radius 1 is 1.38 bits per heavy atom. The number of benzene rings is 1. The molecule has 1 unspecified atom stereocenters. The van der Waals surface area contributed by atoms with Crippen LogP contribution in [-0.4, -0.2) is 22.8 Å². The molecule has 1 amide bonds. The maximum Gasteiger partial charge on any atom is 0.273 e. The average Bonchev–Trinajstić information content (AvgIpc) is 2.99. The highest BCUT2D eigenvalue weighted by atomic mass is 32.1. The minimum absolute atomic E-state index is 0.0296. The third-order valence-electron chi connectivity index (χ3n) is 3.51. The van der Waals surface area contributed by atoms with E-state index in [-0.39, 0.29) is 17.6 Å². The Morgan fingerprint density at radius 2 is 2.10 bits per heavy atom. The van der Waals surface area contributed by atoms with Gasteiger partial charge in [0.1, 0.15) is 0 Å². The molecule has 1 aromatic carbocycles. The molecular formula is C15H16N2O3S. The zero-order chi connectivity index (χ0) is 15.6. The van der Waals surface area contributed by atoms with Gasteiger partial charge in [-0.15, -0.1) is 11.3 Å². The van der Waals surface area contributed by atoms with Crippen molar-refractivity contribution >= 4 is 22.9 Å². The number of nitrogens with zero attached hydrogens (tertiary/aromatic N) is 2. The summed E-state index contributed by atoms with van der Waals surface area (Å²) in [7, 11) is 1.71. The molecule has 0 aliphatic carbocycles. The van der Waals surface area contributed by atoms with E-state index < -0.39 is 4.92 Å². The molecule has 0 saturated heterocycles. The maximum atomic E-state index is 12.5. The van der Waals surface area contributed by atoms with Gasteiger partial charge < -0.3 is 4.90 Å². The van der Waals surface area contributed by atoms with E-state index in [4.69, 9.17) is 0 Å². The molecule has 0 spiro atoms. The highest BCUT2D eigenvalue weighted by Gasteiger charge is 2.22. The SMILES string of the molecule is Cc1ccc(C(=O)N(C)C(C)c2cccs2)cc1[N+](=O)[O-]. The fraction of sp³-hybridized carbons (Fsp3) is 0.267. The third-order valence-corrected chi connectivity index (χ3v) is 4.55. The summed E-state index contributed by atoms with van der Waals surface area (Å²) >= 11 is 1.58. The Kier molecular flexibility index (Phi) is 4.37. The van der Waals surface area contributed by atoms with Crippen LogP contribution in [0, 0.1) is 17.0 Å². The second-order valence-corrected chi connectivity index (χ2v) is 5.85. The standard InChI is InChI=1S/C15H16N2O3S/c1-10-6-7-12(9-13(10)17(19)20)15(18)16(3)11(2)14-5-4-8-21-14/h4-9,11H,1-3H3. The lowest BCUT2D eigenvalue weighted by Gasteiger charge is -2.24. The van der Waals surface area contributed by atoms with Crippen LogP contribution in [0.2, 0.25) is 0 Å². The number of hydrogen-bond acceptors (Lipinski definition) is 4. The van der Waals surface area contributed by atoms with Crippen molar-refractivity contribution < 1.29 is 9.72 Å². The Bertz CT molecular complexity index is 668. The van der Waals surface area contributed by atoms with E-state index in [1.54, 1.807) is 42.3 Å². The van der Waals surface area contributed by atoms with Gasteiger partial charge in [-0.25, -0.2) is 0 Å². The number of thiophene rings is 1. The molecule has 0 aliphatic heterocycles. The zero-order valence-corrected chi connectivity index (χ0v) is 12.9. The summed E-state index contributed by atoms with van der Waals surface area (Å²) in [5.41, 5.74) is 0.849. The number of nitro benzene ring substituents is 1. The summed E-state index contributed by atoms with van der Waals surface area (Å²) in [5, 5.41) is 12.9. The van der Waals surface area contributed by atoms with E-state index in [1.165, 1.54) is 6.07 Å². The number of rotatable bonds is 4. The van der Waals surface area contributed by atoms with E-state index in [0.29, 0.717) is 11.1 Å². The third kappa shape index (κ3) is 3.11. The minimum atomic E-state index is -0.463. The van der Waals surface area contributed by atoms with E-state index in [9.17, 15) is 14.9 Å². The lowest BCUT2D eigenvalue weighted by atomic mass is 10.1. The first-order chi connectivity index (χ1) is 9.91. The van der Waals surface area contributed by atoms with Crippen LogP contribution < -0.4 is 0 Å². The highest BCUT2D eigenvalue weighted by Crippen LogP contribution is 2.26. The molecule has 0 saturated carbocycles. The number of aryl methyl sites for hydroxylation is 1. The molecule has 0 N–H and O–H groups in total. The molecule has 5 nitrogen and oxygen atoms in total. The van der Waals surface area contributed by atoms with E-state index in [2.05, 4.69) is 0 Å². The minimum Gasteiger partial charge on any atom is -0.334 e. The molecule has 0 bridgehead atoms. The van der Waals surface area contributed by atoms with Crippen LogP contribution in [-0.2, 0) is 0 Å². The van der Waals surface area contributed by atoms with Crippen LogP contribution in [0.1, 0.15) is 33.8 Å². The monoisotopic (exact) mass is 304 g/mol. The normalized spacial score (nSPS) is 12.0. The largest absolute Gasteiger partial charge is 0.334 e. The predicted octanol–water partition coefficient (Wildman–Crippen LogP) is 3.80. The van der Waals surface area contributed by atoms with Crippen LogP contribution >= 0.6 is 11.3 Å². The molecule has 2 aromatic rings. The van der Waals surface area contributed by atoms with Crippen molar-refractivity contribution in [2.75, 3.05) is 7.05 Å². The van der Waals surface area contributed by atoms with Crippen LogP contribution in [0.3, 0.4) is 0 Å². The average molecular weight is 304 g/mol. The first kappa shape index (κ1) is 15.2. The smallest absolute Gasteiger partial charge is 0.273 e. The van der Waals surface area contributed by atoms with Gasteiger partial charge in [-0.2, -0.15) is 0 Å². The molecule has 110 valence electrons. The van der Waals surface area contributed by atoms with Gasteiger partial charge >= 0.3 is 0 Å². The molecule has 1 atom stereocenters. The van der Waals surface area contributed by atoms with Gasteiger partial charge in [-0.3, -0.25) is 14.9 Å². The summed E-state index contributed by atoms with van der Waals surface area (Å²) in [4.78, 5) is 25.7. The van der Waals surface area contributed by atoms with Crippen molar-refractivity contribution in [2.24, 2.45) is 0 Å². The molecule has 1 heterocycles. The summed E-state index contributed by atoms with van der Waals surface area (Å²) in [6, 6.07) is 8.41. The van der Waals surface area contributed by atoms with Gasteiger partial charge in [-0.1, -0.05) is 12.1 Å². The van der Waals surface area contributed by atoms with Crippen molar-refractivity contribution in [3.8, 4) is 0 Å². The van der Waals surface area contributed by atoms with Crippen molar-refractivity contribution in [3.05, 3.63) is 61.8 Å². The fourth-order valence-corrected chi connectivity index (χ4v) is 2.86. The Morgan fingerprint density at radius 3 is 2.67 bits per heavy atom. The molecule has 21 heavy (non-hydrogen) atoms. The zero-order valence-electron chi connectivity index (χ0n) is 12.1. The second kappa shape index (κ2) is 6.05. The lowest BCUT2D eigenvalue weighted by molar-refractivity contribution is -0.385. The Hall–Kier alpha value is -2.21. The van der Waals surface area contributed by atoms with Crippen molar-refractivity contribution in [3.63, 3.8) is 0 Å². The molecule has 0 radical (unpaired) electrons. The van der Waals surface area contributed by atoms with Gasteiger partial charge in [0, 0.05) is 29.1 Å². The van der Waals surface area contributed by atoms with Crippen molar-refractivity contribution in [2.45, 2.75) is 19.9 Å². The fourth-order valence-electron chi connectivity index (χ4n) is 2.04. The van der Waals surface area contributed by atoms with Crippen molar-refractivity contribution in [1.29, 1.82) is 0 Å². The first-order valence-corrected chi connectivity index (χ1v) is 7.35. The lowest BCUT2D eigenvalue weighted by Crippen LogP contribution is -2.29. The second-order valence-electron chi connectivity index (χ2n) is 4.87. The van der Waals surface area contributed by atoms with E-state index in [0.717, 1.165) is 4.88 Å². The van der Waals surface area contributed by atoms with Crippen LogP contribution in [0.4, 0.5) is 5.69 Å². The van der Waals surface area contributed by atoms with Gasteiger partial charge in [0.2, 0.25) is 0 Å². The van der Waals surface area contributed by atoms with Crippen molar-refractivity contribution in [1.82, 2.24) is 4.90 Å². The predicted molar refractivity (Wildman–Crippen MR) is 82.7 cm³/mol. The van der Waals surface area contributed by atoms with Gasteiger partial charge in [0.05, 0.1) is 11.0 Å². The molecule has 1 aromatic heterocycles. The number of amides is 1. The molecule has 2 rings (SSSR count). The number of hydrogen-bond donors (Lipinski definition) is 0. The number of carbonyl (C=O) groups excluding carboxylic acids is 1. The molecule has 6 heteroatoms. The molecule has 0 fully saturated rings. The summed E-state index contributed by atoms with van der Waals surface area (Å²) in [5.74, 6) is -0.223. The summed E-state index contributed by atoms with van der Waals surface area (Å²) in [6.07, 6.45) is 0. The molecule has 0 aliphatic rings. The topological polar surface area (TPSA) is 63.5 Å². The van der Waals surface area contributed by atoms with Crippen LogP contribution in [0.15, 0.2) is 35.7 Å². The van der Waals surface area contributed by atoms with Gasteiger partial charge in [0.25, 0.3) is 11.6 Å². The summed E-state index contributed by atoms with van der Waals surface area (Å²) in [6.45, 7) is 3.59. The quantitative estimate of drug-likeness (QED) is 0.637. The van der Waals surface area contributed by atoms with Gasteiger partial charge in [0.15, 0.2) is 0 Å². The number of carbonyl (C=O) groups is 1. The Labute approximate surface area is 127 Å². The molecular weight excluding hydrogens is 288 g/mol. The van der Waals surface area contributed by atoms with Gasteiger partial charge in [-0.05, 0) is 31.4 Å². The maximum absolute atomic E-state index is 12.5. The van der Waals surface area contributed by atoms with Crippen LogP contribution in [0.5, 0.6) is 0 Å². The van der Waals surface area contributed by atoms with E-state index >= 15 is 0 Å². The number of nitro groups is 1. The highest BCUT2D eigenvalue weighted by molar-refractivity contribution is 7.10.